The van der Waals surface area contributed by atoms with E-state index in [0.717, 1.165) is 44.7 Å². The highest BCUT2D eigenvalue weighted by Gasteiger charge is 2.38. The predicted octanol–water partition coefficient (Wildman–Crippen LogP) is 2.43. The zero-order valence-electron chi connectivity index (χ0n) is 16.8. The second-order valence-electron chi connectivity index (χ2n) is 8.14. The molecule has 5 rings (SSSR count). The number of rotatable bonds is 4. The lowest BCUT2D eigenvalue weighted by molar-refractivity contribution is 0.0501. The summed E-state index contributed by atoms with van der Waals surface area (Å²) in [5, 5.41) is 14.3. The SMILES string of the molecule is C[C@H](C1CCOCC1)n1nc(C#N)c2c(=O)[nH]c([C@H]3CC[C@@H]3c3ncccn3)nc21. The lowest BCUT2D eigenvalue weighted by atomic mass is 9.72. The lowest BCUT2D eigenvalue weighted by Gasteiger charge is -2.34. The van der Waals surface area contributed by atoms with E-state index in [1.54, 1.807) is 23.1 Å². The van der Waals surface area contributed by atoms with E-state index in [0.29, 0.717) is 17.4 Å². The Morgan fingerprint density at radius 3 is 2.60 bits per heavy atom. The first-order chi connectivity index (χ1) is 14.7. The van der Waals surface area contributed by atoms with Crippen LogP contribution in [0.25, 0.3) is 11.0 Å². The summed E-state index contributed by atoms with van der Waals surface area (Å²) >= 11 is 0. The summed E-state index contributed by atoms with van der Waals surface area (Å²) in [6.45, 7) is 3.52. The van der Waals surface area contributed by atoms with Crippen molar-refractivity contribution in [1.82, 2.24) is 29.7 Å². The maximum absolute atomic E-state index is 12.9. The Balaban J connectivity index is 1.57. The van der Waals surface area contributed by atoms with Gasteiger partial charge in [0.25, 0.3) is 5.56 Å². The van der Waals surface area contributed by atoms with Crippen LogP contribution in [0.15, 0.2) is 23.3 Å². The van der Waals surface area contributed by atoms with E-state index in [1.165, 1.54) is 0 Å². The second-order valence-corrected chi connectivity index (χ2v) is 8.14. The summed E-state index contributed by atoms with van der Waals surface area (Å²) in [6, 6.07) is 3.88. The topological polar surface area (TPSA) is 122 Å². The van der Waals surface area contributed by atoms with Crippen LogP contribution >= 0.6 is 0 Å². The van der Waals surface area contributed by atoms with Crippen molar-refractivity contribution in [2.24, 2.45) is 5.92 Å². The minimum Gasteiger partial charge on any atom is -0.381 e. The van der Waals surface area contributed by atoms with E-state index in [1.807, 2.05) is 0 Å². The predicted molar refractivity (Wildman–Crippen MR) is 108 cm³/mol. The van der Waals surface area contributed by atoms with Crippen molar-refractivity contribution in [2.75, 3.05) is 13.2 Å². The number of nitriles is 1. The normalized spacial score (nSPS) is 23.1. The van der Waals surface area contributed by atoms with Gasteiger partial charge in [0.2, 0.25) is 0 Å². The van der Waals surface area contributed by atoms with Crippen LogP contribution in [0.3, 0.4) is 0 Å². The summed E-state index contributed by atoms with van der Waals surface area (Å²) in [5.74, 6) is 1.95. The number of H-pyrrole nitrogens is 1. The number of fused-ring (bicyclic) bond motifs is 1. The molecule has 2 fully saturated rings. The molecule has 0 unspecified atom stereocenters. The van der Waals surface area contributed by atoms with Crippen LogP contribution in [0.1, 0.15) is 67.8 Å². The third-order valence-corrected chi connectivity index (χ3v) is 6.56. The van der Waals surface area contributed by atoms with Crippen molar-refractivity contribution in [3.63, 3.8) is 0 Å². The van der Waals surface area contributed by atoms with Crippen molar-refractivity contribution in [3.8, 4) is 6.07 Å². The summed E-state index contributed by atoms with van der Waals surface area (Å²) < 4.78 is 7.25. The fourth-order valence-electron chi connectivity index (χ4n) is 4.64. The molecule has 1 N–H and O–H groups in total. The monoisotopic (exact) mass is 405 g/mol. The number of aromatic amines is 1. The molecule has 4 heterocycles. The number of nitrogens with zero attached hydrogens (tertiary/aromatic N) is 6. The van der Waals surface area contributed by atoms with Crippen LogP contribution in [0.5, 0.6) is 0 Å². The molecule has 1 aliphatic carbocycles. The molecule has 3 aromatic rings. The lowest BCUT2D eigenvalue weighted by Crippen LogP contribution is -2.28. The first kappa shape index (κ1) is 18.9. The number of ether oxygens (including phenoxy) is 1. The van der Waals surface area contributed by atoms with Gasteiger partial charge in [0.15, 0.2) is 11.3 Å². The molecule has 9 heteroatoms. The molecular formula is C21H23N7O2. The van der Waals surface area contributed by atoms with Crippen molar-refractivity contribution >= 4 is 11.0 Å². The van der Waals surface area contributed by atoms with Crippen LogP contribution in [0.2, 0.25) is 0 Å². The zero-order chi connectivity index (χ0) is 20.7. The molecule has 9 nitrogen and oxygen atoms in total. The van der Waals surface area contributed by atoms with Crippen molar-refractivity contribution in [3.05, 3.63) is 46.2 Å². The molecule has 0 aromatic carbocycles. The summed E-state index contributed by atoms with van der Waals surface area (Å²) in [6.07, 6.45) is 7.19. The van der Waals surface area contributed by atoms with Gasteiger partial charge >= 0.3 is 0 Å². The minimum absolute atomic E-state index is 0.0234. The molecule has 0 amide bonds. The van der Waals surface area contributed by atoms with Gasteiger partial charge in [-0.2, -0.15) is 10.4 Å². The Morgan fingerprint density at radius 2 is 1.93 bits per heavy atom. The third-order valence-electron chi connectivity index (χ3n) is 6.56. The van der Waals surface area contributed by atoms with Gasteiger partial charge in [-0.15, -0.1) is 0 Å². The van der Waals surface area contributed by atoms with Gasteiger partial charge in [0.05, 0.1) is 6.04 Å². The molecule has 3 aromatic heterocycles. The number of aromatic nitrogens is 6. The Bertz CT molecular complexity index is 1160. The Labute approximate surface area is 173 Å². The quantitative estimate of drug-likeness (QED) is 0.707. The van der Waals surface area contributed by atoms with Gasteiger partial charge in [0.1, 0.15) is 23.1 Å². The van der Waals surface area contributed by atoms with Crippen molar-refractivity contribution in [1.29, 1.82) is 5.26 Å². The highest BCUT2D eigenvalue weighted by molar-refractivity contribution is 5.80. The average Bonchev–Trinajstić information content (AvgIpc) is 3.13. The molecule has 2 aliphatic rings. The second kappa shape index (κ2) is 7.61. The first-order valence-electron chi connectivity index (χ1n) is 10.4. The van der Waals surface area contributed by atoms with E-state index in [9.17, 15) is 10.1 Å². The number of hydrogen-bond acceptors (Lipinski definition) is 7. The highest BCUT2D eigenvalue weighted by Crippen LogP contribution is 2.46. The van der Waals surface area contributed by atoms with Gasteiger partial charge in [-0.25, -0.2) is 19.6 Å². The fraction of sp³-hybridized carbons (Fsp3) is 0.524. The third kappa shape index (κ3) is 3.08. The van der Waals surface area contributed by atoms with Gasteiger partial charge in [0, 0.05) is 37.4 Å². The molecular weight excluding hydrogens is 382 g/mol. The molecule has 3 atom stereocenters. The Hall–Kier alpha value is -3.12. The molecule has 0 bridgehead atoms. The largest absolute Gasteiger partial charge is 0.381 e. The van der Waals surface area contributed by atoms with Crippen molar-refractivity contribution in [2.45, 2.75) is 50.5 Å². The standard InChI is InChI=1S/C21H23N7O2/c1-12(13-5-9-30-10-6-13)28-20-17(16(11-22)27-28)21(29)26-19(25-20)15-4-3-14(15)18-23-7-2-8-24-18/h2,7-8,12-15H,3-6,9-10H2,1H3,(H,25,26,29)/t12-,14+,15+/m1/s1. The molecule has 0 radical (unpaired) electrons. The molecule has 1 saturated carbocycles. The zero-order valence-corrected chi connectivity index (χ0v) is 16.8. The summed E-state index contributed by atoms with van der Waals surface area (Å²) in [7, 11) is 0. The van der Waals surface area contributed by atoms with Crippen LogP contribution < -0.4 is 5.56 Å². The van der Waals surface area contributed by atoms with Gasteiger partial charge in [-0.1, -0.05) is 0 Å². The van der Waals surface area contributed by atoms with Crippen LogP contribution in [-0.2, 0) is 4.74 Å². The average molecular weight is 405 g/mol. The van der Waals surface area contributed by atoms with E-state index in [2.05, 4.69) is 33.0 Å². The molecule has 30 heavy (non-hydrogen) atoms. The van der Waals surface area contributed by atoms with Gasteiger partial charge in [-0.3, -0.25) is 4.79 Å². The van der Waals surface area contributed by atoms with Crippen LogP contribution in [-0.4, -0.2) is 42.9 Å². The van der Waals surface area contributed by atoms with Crippen LogP contribution in [0, 0.1) is 17.2 Å². The maximum atomic E-state index is 12.9. The van der Waals surface area contributed by atoms with Crippen molar-refractivity contribution < 1.29 is 4.74 Å². The molecule has 0 spiro atoms. The van der Waals surface area contributed by atoms with E-state index in [-0.39, 0.29) is 34.5 Å². The number of nitrogens with one attached hydrogen (secondary N) is 1. The van der Waals surface area contributed by atoms with E-state index >= 15 is 0 Å². The maximum Gasteiger partial charge on any atom is 0.263 e. The fourth-order valence-corrected chi connectivity index (χ4v) is 4.64. The minimum atomic E-state index is -0.309. The first-order valence-corrected chi connectivity index (χ1v) is 10.4. The number of hydrogen-bond donors (Lipinski definition) is 1. The van der Waals surface area contributed by atoms with Gasteiger partial charge < -0.3 is 9.72 Å². The smallest absolute Gasteiger partial charge is 0.263 e. The van der Waals surface area contributed by atoms with E-state index in [4.69, 9.17) is 9.72 Å². The summed E-state index contributed by atoms with van der Waals surface area (Å²) in [5.41, 5.74) is 0.307. The summed E-state index contributed by atoms with van der Waals surface area (Å²) in [4.78, 5) is 29.4. The molecule has 1 saturated heterocycles. The van der Waals surface area contributed by atoms with Gasteiger partial charge in [-0.05, 0) is 44.6 Å². The molecule has 1 aliphatic heterocycles. The Morgan fingerprint density at radius 1 is 1.20 bits per heavy atom. The molecule has 154 valence electrons. The Kier molecular flexibility index (Phi) is 4.79. The van der Waals surface area contributed by atoms with E-state index < -0.39 is 0 Å². The van der Waals surface area contributed by atoms with Crippen LogP contribution in [0.4, 0.5) is 0 Å². The highest BCUT2D eigenvalue weighted by atomic mass is 16.5.